The molecular weight excluding hydrogens is 392 g/mol. The van der Waals surface area contributed by atoms with Gasteiger partial charge in [-0.3, -0.25) is 9.59 Å². The molecule has 3 rings (SSSR count). The molecule has 6 heteroatoms. The average Bonchev–Trinajstić information content (AvgIpc) is 3.14. The third-order valence-corrected chi connectivity index (χ3v) is 5.33. The van der Waals surface area contributed by atoms with Crippen LogP contribution in [0, 0.1) is 0 Å². The Bertz CT molecular complexity index is 934. The van der Waals surface area contributed by atoms with Crippen LogP contribution in [0.25, 0.3) is 0 Å². The second kappa shape index (κ2) is 9.77. The van der Waals surface area contributed by atoms with Gasteiger partial charge in [-0.1, -0.05) is 42.5 Å². The van der Waals surface area contributed by atoms with Crippen LogP contribution in [0.4, 0.5) is 0 Å². The Kier molecular flexibility index (Phi) is 7.10. The maximum Gasteiger partial charge on any atom is 0.338 e. The number of hydrogen-bond acceptors (Lipinski definition) is 4. The fourth-order valence-corrected chi connectivity index (χ4v) is 3.64. The van der Waals surface area contributed by atoms with Crippen molar-refractivity contribution in [1.82, 2.24) is 9.80 Å². The Hall–Kier alpha value is -3.15. The molecule has 164 valence electrons. The average molecular weight is 423 g/mol. The molecule has 1 aliphatic rings. The number of nitrogens with zero attached hydrogens (tertiary/aromatic N) is 2. The van der Waals surface area contributed by atoms with Crippen LogP contribution in [-0.4, -0.2) is 46.3 Å². The van der Waals surface area contributed by atoms with Gasteiger partial charge in [0.1, 0.15) is 0 Å². The molecule has 2 aromatic carbocycles. The molecular formula is C25H30N2O4. The minimum absolute atomic E-state index is 0.138. The van der Waals surface area contributed by atoms with Crippen LogP contribution in [0.15, 0.2) is 54.6 Å². The molecule has 2 amide bonds. The van der Waals surface area contributed by atoms with Gasteiger partial charge in [-0.25, -0.2) is 4.79 Å². The third kappa shape index (κ3) is 6.17. The smallest absolute Gasteiger partial charge is 0.338 e. The van der Waals surface area contributed by atoms with Gasteiger partial charge in [0.25, 0.3) is 5.91 Å². The lowest BCUT2D eigenvalue weighted by Crippen LogP contribution is -2.46. The van der Waals surface area contributed by atoms with Gasteiger partial charge >= 0.3 is 5.97 Å². The van der Waals surface area contributed by atoms with Crippen molar-refractivity contribution < 1.29 is 19.1 Å². The molecule has 0 aliphatic carbocycles. The predicted molar refractivity (Wildman–Crippen MR) is 118 cm³/mol. The van der Waals surface area contributed by atoms with Crippen LogP contribution in [0.2, 0.25) is 0 Å². The normalized spacial score (nSPS) is 13.9. The number of carbonyl (C=O) groups excluding carboxylic acids is 3. The molecule has 1 saturated heterocycles. The zero-order chi connectivity index (χ0) is 22.4. The van der Waals surface area contributed by atoms with Crippen molar-refractivity contribution in [2.24, 2.45) is 0 Å². The minimum atomic E-state index is -0.545. The topological polar surface area (TPSA) is 66.9 Å². The Balaban J connectivity index is 1.61. The van der Waals surface area contributed by atoms with Crippen molar-refractivity contribution in [2.45, 2.75) is 52.2 Å². The number of carbonyl (C=O) groups is 3. The number of likely N-dealkylation sites (tertiary alicyclic amines) is 1. The van der Waals surface area contributed by atoms with Crippen LogP contribution in [0.1, 0.15) is 55.1 Å². The van der Waals surface area contributed by atoms with Gasteiger partial charge in [-0.05, 0) is 50.5 Å². The van der Waals surface area contributed by atoms with Crippen LogP contribution < -0.4 is 0 Å². The standard InChI is InChI=1S/C25H30N2O4/c1-25(2,3)27(17-19-9-5-4-6-10-19)23(29)18-31-24(30)21-12-7-11-20(15-21)16-26-14-8-13-22(26)28/h4-7,9-12,15H,8,13-14,16-18H2,1-3H3. The van der Waals surface area contributed by atoms with Crippen molar-refractivity contribution in [3.8, 4) is 0 Å². The summed E-state index contributed by atoms with van der Waals surface area (Å²) in [6.07, 6.45) is 1.45. The number of amides is 2. The van der Waals surface area contributed by atoms with Gasteiger partial charge in [-0.2, -0.15) is 0 Å². The maximum atomic E-state index is 12.9. The second-order valence-electron chi connectivity index (χ2n) is 8.83. The quantitative estimate of drug-likeness (QED) is 0.637. The Morgan fingerprint density at radius 3 is 2.39 bits per heavy atom. The van der Waals surface area contributed by atoms with E-state index >= 15 is 0 Å². The van der Waals surface area contributed by atoms with E-state index in [0.717, 1.165) is 24.1 Å². The summed E-state index contributed by atoms with van der Waals surface area (Å²) in [5.41, 5.74) is 1.85. The van der Waals surface area contributed by atoms with E-state index in [-0.39, 0.29) is 18.4 Å². The first-order chi connectivity index (χ1) is 14.7. The highest BCUT2D eigenvalue weighted by atomic mass is 16.5. The summed E-state index contributed by atoms with van der Waals surface area (Å²) in [6.45, 7) is 7.22. The monoisotopic (exact) mass is 422 g/mol. The van der Waals surface area contributed by atoms with Crippen molar-refractivity contribution in [3.05, 3.63) is 71.3 Å². The summed E-state index contributed by atoms with van der Waals surface area (Å²) in [5.74, 6) is -0.653. The van der Waals surface area contributed by atoms with Gasteiger partial charge in [-0.15, -0.1) is 0 Å². The highest BCUT2D eigenvalue weighted by molar-refractivity contribution is 5.91. The molecule has 0 saturated carbocycles. The lowest BCUT2D eigenvalue weighted by atomic mass is 10.0. The molecule has 0 radical (unpaired) electrons. The largest absolute Gasteiger partial charge is 0.452 e. The summed E-state index contributed by atoms with van der Waals surface area (Å²) >= 11 is 0. The Morgan fingerprint density at radius 2 is 1.74 bits per heavy atom. The van der Waals surface area contributed by atoms with Crippen molar-refractivity contribution in [3.63, 3.8) is 0 Å². The number of hydrogen-bond donors (Lipinski definition) is 0. The van der Waals surface area contributed by atoms with Gasteiger partial charge in [0.2, 0.25) is 5.91 Å². The molecule has 1 heterocycles. The molecule has 1 aliphatic heterocycles. The van der Waals surface area contributed by atoms with E-state index in [1.54, 1.807) is 28.0 Å². The highest BCUT2D eigenvalue weighted by Crippen LogP contribution is 2.19. The Labute approximate surface area is 183 Å². The molecule has 0 atom stereocenters. The van der Waals surface area contributed by atoms with Gasteiger partial charge < -0.3 is 14.5 Å². The van der Waals surface area contributed by atoms with Crippen molar-refractivity contribution in [2.75, 3.05) is 13.2 Å². The summed E-state index contributed by atoms with van der Waals surface area (Å²) in [5, 5.41) is 0. The van der Waals surface area contributed by atoms with E-state index in [0.29, 0.717) is 25.1 Å². The zero-order valence-electron chi connectivity index (χ0n) is 18.5. The fraction of sp³-hybridized carbons (Fsp3) is 0.400. The molecule has 2 aromatic rings. The van der Waals surface area contributed by atoms with Crippen LogP contribution >= 0.6 is 0 Å². The molecule has 0 unspecified atom stereocenters. The SMILES string of the molecule is CC(C)(C)N(Cc1ccccc1)C(=O)COC(=O)c1cccc(CN2CCCC2=O)c1. The molecule has 6 nitrogen and oxygen atoms in total. The molecule has 0 spiro atoms. The fourth-order valence-electron chi connectivity index (χ4n) is 3.64. The summed E-state index contributed by atoms with van der Waals surface area (Å²) in [4.78, 5) is 40.8. The summed E-state index contributed by atoms with van der Waals surface area (Å²) in [6, 6.07) is 16.8. The predicted octanol–water partition coefficient (Wildman–Crippen LogP) is 3.79. The van der Waals surface area contributed by atoms with Gasteiger partial charge in [0.15, 0.2) is 6.61 Å². The van der Waals surface area contributed by atoms with Crippen LogP contribution in [0.5, 0.6) is 0 Å². The first-order valence-electron chi connectivity index (χ1n) is 10.6. The molecule has 0 aromatic heterocycles. The van der Waals surface area contributed by atoms with Gasteiger partial charge in [0.05, 0.1) is 5.56 Å². The molecule has 1 fully saturated rings. The van der Waals surface area contributed by atoms with Gasteiger partial charge in [0, 0.05) is 31.6 Å². The van der Waals surface area contributed by atoms with E-state index < -0.39 is 11.5 Å². The first-order valence-corrected chi connectivity index (χ1v) is 10.6. The first kappa shape index (κ1) is 22.5. The molecule has 0 bridgehead atoms. The van der Waals surface area contributed by atoms with Crippen molar-refractivity contribution >= 4 is 17.8 Å². The maximum absolute atomic E-state index is 12.9. The van der Waals surface area contributed by atoms with E-state index in [4.69, 9.17) is 4.74 Å². The zero-order valence-corrected chi connectivity index (χ0v) is 18.5. The summed E-state index contributed by atoms with van der Waals surface area (Å²) < 4.78 is 5.34. The lowest BCUT2D eigenvalue weighted by Gasteiger charge is -2.35. The molecule has 0 N–H and O–H groups in total. The highest BCUT2D eigenvalue weighted by Gasteiger charge is 2.27. The third-order valence-electron chi connectivity index (χ3n) is 5.33. The number of rotatable bonds is 7. The minimum Gasteiger partial charge on any atom is -0.452 e. The van der Waals surface area contributed by atoms with E-state index in [1.165, 1.54) is 0 Å². The summed E-state index contributed by atoms with van der Waals surface area (Å²) in [7, 11) is 0. The number of esters is 1. The number of ether oxygens (including phenoxy) is 1. The van der Waals surface area contributed by atoms with Crippen molar-refractivity contribution in [1.29, 1.82) is 0 Å². The van der Waals surface area contributed by atoms with E-state index in [2.05, 4.69) is 0 Å². The van der Waals surface area contributed by atoms with Crippen LogP contribution in [-0.2, 0) is 27.4 Å². The second-order valence-corrected chi connectivity index (χ2v) is 8.83. The Morgan fingerprint density at radius 1 is 1.03 bits per heavy atom. The van der Waals surface area contributed by atoms with E-state index in [9.17, 15) is 14.4 Å². The van der Waals surface area contributed by atoms with Crippen LogP contribution in [0.3, 0.4) is 0 Å². The molecule has 31 heavy (non-hydrogen) atoms. The lowest BCUT2D eigenvalue weighted by molar-refractivity contribution is -0.140. The van der Waals surface area contributed by atoms with E-state index in [1.807, 2.05) is 57.2 Å². The number of benzene rings is 2.